The summed E-state index contributed by atoms with van der Waals surface area (Å²) in [4.78, 5) is 9.66. The topological polar surface area (TPSA) is 56.8 Å². The van der Waals surface area contributed by atoms with Crippen LogP contribution in [0.1, 0.15) is 18.9 Å². The van der Waals surface area contributed by atoms with Crippen molar-refractivity contribution >= 4 is 21.4 Å². The highest BCUT2D eigenvalue weighted by Gasteiger charge is 2.45. The van der Waals surface area contributed by atoms with Gasteiger partial charge in [0.15, 0.2) is 0 Å². The third-order valence-corrected chi connectivity index (χ3v) is 8.14. The van der Waals surface area contributed by atoms with E-state index < -0.39 is 10.0 Å². The van der Waals surface area contributed by atoms with E-state index in [9.17, 15) is 8.42 Å². The van der Waals surface area contributed by atoms with Gasteiger partial charge in [-0.2, -0.15) is 4.31 Å². The van der Waals surface area contributed by atoms with Crippen molar-refractivity contribution in [3.63, 3.8) is 0 Å². The van der Waals surface area contributed by atoms with Crippen LogP contribution < -0.4 is 0 Å². The van der Waals surface area contributed by atoms with Crippen molar-refractivity contribution in [2.24, 2.45) is 0 Å². The van der Waals surface area contributed by atoms with Crippen molar-refractivity contribution in [2.45, 2.75) is 36.9 Å². The fraction of sp³-hybridized carbons (Fsp3) is 0.526. The Kier molecular flexibility index (Phi) is 5.11. The Morgan fingerprint density at radius 2 is 1.96 bits per heavy atom. The van der Waals surface area contributed by atoms with Gasteiger partial charge in [0.05, 0.1) is 11.4 Å². The summed E-state index contributed by atoms with van der Waals surface area (Å²) in [5.74, 6) is 0. The Labute approximate surface area is 165 Å². The molecule has 3 heterocycles. The molecule has 146 valence electrons. The molecule has 0 saturated carbocycles. The van der Waals surface area contributed by atoms with Gasteiger partial charge in [-0.25, -0.2) is 13.4 Å². The zero-order chi connectivity index (χ0) is 19.1. The zero-order valence-corrected chi connectivity index (χ0v) is 17.4. The van der Waals surface area contributed by atoms with E-state index in [0.717, 1.165) is 31.2 Å². The quantitative estimate of drug-likeness (QED) is 0.778. The molecule has 2 fully saturated rings. The second-order valence-electron chi connectivity index (χ2n) is 7.93. The van der Waals surface area contributed by atoms with Gasteiger partial charge in [0, 0.05) is 55.9 Å². The molecule has 0 spiro atoms. The van der Waals surface area contributed by atoms with Crippen LogP contribution in [0.3, 0.4) is 0 Å². The largest absolute Gasteiger partial charge is 0.294 e. The minimum absolute atomic E-state index is 0.183. The number of nitrogens with zero attached hydrogens (tertiary/aromatic N) is 4. The molecular formula is C19H26N4O2S2. The fourth-order valence-corrected chi connectivity index (χ4v) is 6.60. The summed E-state index contributed by atoms with van der Waals surface area (Å²) >= 11 is 1.68. The third-order valence-electron chi connectivity index (χ3n) is 5.55. The van der Waals surface area contributed by atoms with Gasteiger partial charge in [-0.05, 0) is 26.0 Å². The minimum atomic E-state index is -3.47. The zero-order valence-electron chi connectivity index (χ0n) is 15.8. The maximum Gasteiger partial charge on any atom is 0.243 e. The number of fused-ring (bicyclic) bond motifs is 1. The molecule has 1 atom stereocenters. The first-order chi connectivity index (χ1) is 12.9. The summed E-state index contributed by atoms with van der Waals surface area (Å²) in [5.41, 5.74) is -0.183. The van der Waals surface area contributed by atoms with E-state index in [2.05, 4.69) is 28.6 Å². The van der Waals surface area contributed by atoms with Crippen molar-refractivity contribution in [1.82, 2.24) is 19.1 Å². The number of hydrogen-bond donors (Lipinski definition) is 0. The molecule has 2 aliphatic heterocycles. The molecule has 2 saturated heterocycles. The van der Waals surface area contributed by atoms with Crippen molar-refractivity contribution < 1.29 is 8.42 Å². The molecule has 1 aromatic carbocycles. The summed E-state index contributed by atoms with van der Waals surface area (Å²) in [5, 5.41) is 3.12. The summed E-state index contributed by atoms with van der Waals surface area (Å²) < 4.78 is 28.0. The van der Waals surface area contributed by atoms with Crippen LogP contribution in [0, 0.1) is 0 Å². The molecule has 0 amide bonds. The first-order valence-electron chi connectivity index (χ1n) is 9.29. The molecule has 8 heteroatoms. The highest BCUT2D eigenvalue weighted by atomic mass is 32.2. The number of thiazole rings is 1. The molecule has 2 aliphatic rings. The Morgan fingerprint density at radius 1 is 1.19 bits per heavy atom. The average Bonchev–Trinajstić information content (AvgIpc) is 3.14. The van der Waals surface area contributed by atoms with E-state index in [1.54, 1.807) is 39.9 Å². The SMILES string of the molecule is CC1(C)CN(S(=O)(=O)c2ccccc2)C[C@@H]2CN(Cc3nccs3)CCN21. The molecule has 0 bridgehead atoms. The maximum absolute atomic E-state index is 13.2. The van der Waals surface area contributed by atoms with Gasteiger partial charge >= 0.3 is 0 Å². The number of piperazine rings is 2. The highest BCUT2D eigenvalue weighted by Crippen LogP contribution is 2.31. The van der Waals surface area contributed by atoms with Gasteiger partial charge in [0.25, 0.3) is 0 Å². The Bertz CT molecular complexity index is 868. The van der Waals surface area contributed by atoms with Gasteiger partial charge in [-0.15, -0.1) is 11.3 Å². The summed E-state index contributed by atoms with van der Waals surface area (Å²) in [6.45, 7) is 9.03. The number of hydrogen-bond acceptors (Lipinski definition) is 6. The lowest BCUT2D eigenvalue weighted by atomic mass is 9.94. The van der Waals surface area contributed by atoms with Crippen molar-refractivity contribution in [3.8, 4) is 0 Å². The maximum atomic E-state index is 13.2. The van der Waals surface area contributed by atoms with Crippen LogP contribution in [-0.4, -0.2) is 71.8 Å². The lowest BCUT2D eigenvalue weighted by molar-refractivity contribution is -0.0450. The standard InChI is InChI=1S/C19H26N4O2S2/c1-19(2)15-22(27(24,25)17-6-4-3-5-7-17)13-16-12-21(9-10-23(16)19)14-18-20-8-11-26-18/h3-8,11,16H,9-10,12-15H2,1-2H3/t16-/m0/s1. The van der Waals surface area contributed by atoms with Crippen LogP contribution in [0.2, 0.25) is 0 Å². The van der Waals surface area contributed by atoms with Gasteiger partial charge in [0.1, 0.15) is 5.01 Å². The monoisotopic (exact) mass is 406 g/mol. The van der Waals surface area contributed by atoms with Gasteiger partial charge < -0.3 is 0 Å². The first kappa shape index (κ1) is 19.0. The van der Waals surface area contributed by atoms with Crippen LogP contribution >= 0.6 is 11.3 Å². The molecule has 0 N–H and O–H groups in total. The normalized spacial score (nSPS) is 24.6. The second kappa shape index (κ2) is 7.25. The first-order valence-corrected chi connectivity index (χ1v) is 11.6. The van der Waals surface area contributed by atoms with Gasteiger partial charge in [-0.3, -0.25) is 9.80 Å². The summed E-state index contributed by atoms with van der Waals surface area (Å²) in [7, 11) is -3.47. The number of sulfonamides is 1. The van der Waals surface area contributed by atoms with Crippen LogP contribution in [0.4, 0.5) is 0 Å². The van der Waals surface area contributed by atoms with E-state index in [4.69, 9.17) is 0 Å². The number of aromatic nitrogens is 1. The van der Waals surface area contributed by atoms with Crippen LogP contribution in [0.5, 0.6) is 0 Å². The predicted molar refractivity (Wildman–Crippen MR) is 107 cm³/mol. The van der Waals surface area contributed by atoms with E-state index in [-0.39, 0.29) is 11.6 Å². The van der Waals surface area contributed by atoms with Crippen molar-refractivity contribution in [1.29, 1.82) is 0 Å². The minimum Gasteiger partial charge on any atom is -0.294 e. The lowest BCUT2D eigenvalue weighted by Gasteiger charge is -2.55. The molecular weight excluding hydrogens is 380 g/mol. The van der Waals surface area contributed by atoms with Crippen LogP contribution in [0.25, 0.3) is 0 Å². The molecule has 4 rings (SSSR count). The van der Waals surface area contributed by atoms with Gasteiger partial charge in [-0.1, -0.05) is 18.2 Å². The molecule has 1 aromatic heterocycles. The Balaban J connectivity index is 1.54. The molecule has 0 aliphatic carbocycles. The Hall–Kier alpha value is -1.32. The van der Waals surface area contributed by atoms with E-state index in [1.807, 2.05) is 17.6 Å². The molecule has 0 radical (unpaired) electrons. The van der Waals surface area contributed by atoms with Gasteiger partial charge in [0.2, 0.25) is 10.0 Å². The number of benzene rings is 1. The van der Waals surface area contributed by atoms with E-state index >= 15 is 0 Å². The molecule has 2 aromatic rings. The number of rotatable bonds is 4. The smallest absolute Gasteiger partial charge is 0.243 e. The fourth-order valence-electron chi connectivity index (χ4n) is 4.29. The van der Waals surface area contributed by atoms with Crippen LogP contribution in [-0.2, 0) is 16.6 Å². The van der Waals surface area contributed by atoms with Crippen molar-refractivity contribution in [2.75, 3.05) is 32.7 Å². The van der Waals surface area contributed by atoms with Crippen molar-refractivity contribution in [3.05, 3.63) is 46.9 Å². The highest BCUT2D eigenvalue weighted by molar-refractivity contribution is 7.89. The molecule has 6 nitrogen and oxygen atoms in total. The van der Waals surface area contributed by atoms with E-state index in [1.165, 1.54) is 0 Å². The second-order valence-corrected chi connectivity index (χ2v) is 10.8. The molecule has 0 unspecified atom stereocenters. The third kappa shape index (κ3) is 3.82. The summed E-state index contributed by atoms with van der Waals surface area (Å²) in [6, 6.07) is 8.98. The Morgan fingerprint density at radius 3 is 2.67 bits per heavy atom. The van der Waals surface area contributed by atoms with Crippen LogP contribution in [0.15, 0.2) is 46.8 Å². The van der Waals surface area contributed by atoms with E-state index in [0.29, 0.717) is 18.0 Å². The lowest BCUT2D eigenvalue weighted by Crippen LogP contribution is -2.70. The predicted octanol–water partition coefficient (Wildman–Crippen LogP) is 2.11. The molecule has 27 heavy (non-hydrogen) atoms. The average molecular weight is 407 g/mol. The summed E-state index contributed by atoms with van der Waals surface area (Å²) in [6.07, 6.45) is 1.84.